The van der Waals surface area contributed by atoms with Gasteiger partial charge in [-0.05, 0) is 32.1 Å². The fourth-order valence-electron chi connectivity index (χ4n) is 3.95. The maximum absolute atomic E-state index is 12.1. The molecule has 3 aromatic rings. The van der Waals surface area contributed by atoms with Crippen molar-refractivity contribution in [3.63, 3.8) is 0 Å². The molecule has 0 amide bonds. The first-order valence-electron chi connectivity index (χ1n) is 8.52. The molecule has 1 saturated heterocycles. The van der Waals surface area contributed by atoms with Gasteiger partial charge in [-0.3, -0.25) is 14.9 Å². The molecule has 4 heterocycles. The highest BCUT2D eigenvalue weighted by Gasteiger charge is 2.28. The summed E-state index contributed by atoms with van der Waals surface area (Å²) in [4.78, 5) is 26.3. The minimum Gasteiger partial charge on any atom is -0.340 e. The standard InChI is InChI=1S/C16H19N7O/c24-15-11-7-18-21-14(11)19-16(20-15)22-6-5-10(8-22)23-9-17-12-3-1-2-4-13(12)23/h7,9-10H,1-6,8H2,(H2,18,19,20,21,24)/t10-/m1/s1. The Morgan fingerprint density at radius 1 is 1.25 bits per heavy atom. The molecule has 1 aliphatic carbocycles. The second kappa shape index (κ2) is 5.19. The van der Waals surface area contributed by atoms with Crippen LogP contribution >= 0.6 is 0 Å². The van der Waals surface area contributed by atoms with Crippen LogP contribution in [0.15, 0.2) is 17.3 Å². The van der Waals surface area contributed by atoms with Crippen molar-refractivity contribution in [3.8, 4) is 0 Å². The van der Waals surface area contributed by atoms with Gasteiger partial charge in [-0.2, -0.15) is 10.1 Å². The number of fused-ring (bicyclic) bond motifs is 2. The summed E-state index contributed by atoms with van der Waals surface area (Å²) in [7, 11) is 0. The number of hydrogen-bond acceptors (Lipinski definition) is 5. The smallest absolute Gasteiger partial charge is 0.263 e. The number of imidazole rings is 1. The summed E-state index contributed by atoms with van der Waals surface area (Å²) in [5.74, 6) is 0.619. The Labute approximate surface area is 137 Å². The minimum atomic E-state index is -0.146. The third-order valence-electron chi connectivity index (χ3n) is 5.22. The normalized spacial score (nSPS) is 20.7. The summed E-state index contributed by atoms with van der Waals surface area (Å²) in [6.45, 7) is 1.71. The average molecular weight is 325 g/mol. The van der Waals surface area contributed by atoms with Gasteiger partial charge >= 0.3 is 0 Å². The Morgan fingerprint density at radius 2 is 2.17 bits per heavy atom. The van der Waals surface area contributed by atoms with Crippen LogP contribution in [0.1, 0.15) is 36.7 Å². The Hall–Kier alpha value is -2.64. The highest BCUT2D eigenvalue weighted by Crippen LogP contribution is 2.29. The number of nitrogens with one attached hydrogen (secondary N) is 2. The fraction of sp³-hybridized carbons (Fsp3) is 0.500. The van der Waals surface area contributed by atoms with E-state index in [1.807, 2.05) is 6.33 Å². The summed E-state index contributed by atoms with van der Waals surface area (Å²) in [5, 5.41) is 7.17. The second-order valence-electron chi connectivity index (χ2n) is 6.66. The lowest BCUT2D eigenvalue weighted by atomic mass is 10.0. The lowest BCUT2D eigenvalue weighted by Crippen LogP contribution is -2.26. The Balaban J connectivity index is 1.44. The topological polar surface area (TPSA) is 95.5 Å². The van der Waals surface area contributed by atoms with Crippen LogP contribution in [0.4, 0.5) is 5.95 Å². The van der Waals surface area contributed by atoms with Gasteiger partial charge < -0.3 is 9.47 Å². The number of H-pyrrole nitrogens is 2. The van der Waals surface area contributed by atoms with Crippen molar-refractivity contribution < 1.29 is 0 Å². The van der Waals surface area contributed by atoms with E-state index < -0.39 is 0 Å². The van der Waals surface area contributed by atoms with Crippen molar-refractivity contribution in [1.29, 1.82) is 0 Å². The Bertz CT molecular complexity index is 953. The molecule has 1 aliphatic heterocycles. The molecule has 0 saturated carbocycles. The summed E-state index contributed by atoms with van der Waals surface area (Å²) in [6, 6.07) is 0.391. The van der Waals surface area contributed by atoms with Crippen LogP contribution < -0.4 is 10.5 Å². The zero-order valence-electron chi connectivity index (χ0n) is 13.3. The fourth-order valence-corrected chi connectivity index (χ4v) is 3.95. The van der Waals surface area contributed by atoms with Crippen LogP contribution in [0.2, 0.25) is 0 Å². The van der Waals surface area contributed by atoms with Crippen LogP contribution in [0, 0.1) is 0 Å². The van der Waals surface area contributed by atoms with E-state index in [2.05, 4.69) is 34.6 Å². The molecule has 124 valence electrons. The van der Waals surface area contributed by atoms with Gasteiger partial charge in [0.2, 0.25) is 5.95 Å². The molecule has 1 fully saturated rings. The molecule has 0 unspecified atom stereocenters. The highest BCUT2D eigenvalue weighted by molar-refractivity contribution is 5.73. The Morgan fingerprint density at radius 3 is 3.12 bits per heavy atom. The number of nitrogens with zero attached hydrogens (tertiary/aromatic N) is 5. The van der Waals surface area contributed by atoms with Gasteiger partial charge in [0.15, 0.2) is 5.65 Å². The molecule has 3 aromatic heterocycles. The van der Waals surface area contributed by atoms with Crippen molar-refractivity contribution in [2.24, 2.45) is 0 Å². The highest BCUT2D eigenvalue weighted by atomic mass is 16.1. The monoisotopic (exact) mass is 325 g/mol. The van der Waals surface area contributed by atoms with Crippen molar-refractivity contribution in [3.05, 3.63) is 34.3 Å². The second-order valence-corrected chi connectivity index (χ2v) is 6.66. The zero-order valence-corrected chi connectivity index (χ0v) is 13.3. The summed E-state index contributed by atoms with van der Waals surface area (Å²) in [5.41, 5.74) is 3.06. The van der Waals surface area contributed by atoms with Crippen LogP contribution in [0.3, 0.4) is 0 Å². The van der Waals surface area contributed by atoms with Crippen LogP contribution in [0.25, 0.3) is 11.0 Å². The maximum Gasteiger partial charge on any atom is 0.263 e. The molecular formula is C16H19N7O. The van der Waals surface area contributed by atoms with E-state index in [1.54, 1.807) is 0 Å². The number of aromatic nitrogens is 6. The number of aromatic amines is 2. The SMILES string of the molecule is O=c1[nH]c(N2CC[C@@H](n3cnc4c3CCCC4)C2)nc2[nH]ncc12. The van der Waals surface area contributed by atoms with Crippen molar-refractivity contribution in [2.75, 3.05) is 18.0 Å². The molecule has 5 rings (SSSR count). The van der Waals surface area contributed by atoms with Gasteiger partial charge in [-0.15, -0.1) is 0 Å². The molecule has 0 radical (unpaired) electrons. The van der Waals surface area contributed by atoms with Gasteiger partial charge in [0.05, 0.1) is 24.3 Å². The quantitative estimate of drug-likeness (QED) is 0.737. The van der Waals surface area contributed by atoms with E-state index in [-0.39, 0.29) is 5.56 Å². The average Bonchev–Trinajstić information content (AvgIpc) is 3.32. The molecule has 8 heteroatoms. The van der Waals surface area contributed by atoms with E-state index in [0.717, 1.165) is 32.4 Å². The zero-order chi connectivity index (χ0) is 16.1. The number of aryl methyl sites for hydroxylation is 1. The molecule has 0 aromatic carbocycles. The number of hydrogen-bond donors (Lipinski definition) is 2. The maximum atomic E-state index is 12.1. The Kier molecular flexibility index (Phi) is 2.97. The van der Waals surface area contributed by atoms with Gasteiger partial charge in [0.25, 0.3) is 5.56 Å². The van der Waals surface area contributed by atoms with Crippen molar-refractivity contribution in [1.82, 2.24) is 29.7 Å². The summed E-state index contributed by atoms with van der Waals surface area (Å²) >= 11 is 0. The first-order valence-corrected chi connectivity index (χ1v) is 8.52. The van der Waals surface area contributed by atoms with Crippen LogP contribution in [-0.2, 0) is 12.8 Å². The first-order chi connectivity index (χ1) is 11.8. The first kappa shape index (κ1) is 13.8. The van der Waals surface area contributed by atoms with Crippen LogP contribution in [0.5, 0.6) is 0 Å². The van der Waals surface area contributed by atoms with Crippen molar-refractivity contribution in [2.45, 2.75) is 38.1 Å². The molecule has 24 heavy (non-hydrogen) atoms. The van der Waals surface area contributed by atoms with Gasteiger partial charge in [0.1, 0.15) is 5.39 Å². The van der Waals surface area contributed by atoms with E-state index in [1.165, 1.54) is 30.4 Å². The van der Waals surface area contributed by atoms with Gasteiger partial charge in [-0.25, -0.2) is 4.98 Å². The van der Waals surface area contributed by atoms with E-state index in [9.17, 15) is 4.79 Å². The van der Waals surface area contributed by atoms with Gasteiger partial charge in [0, 0.05) is 18.8 Å². The predicted octanol–water partition coefficient (Wildman–Crippen LogP) is 1.17. The molecule has 0 spiro atoms. The molecular weight excluding hydrogens is 306 g/mol. The largest absolute Gasteiger partial charge is 0.340 e. The molecule has 2 N–H and O–H groups in total. The number of anilines is 1. The van der Waals surface area contributed by atoms with E-state index in [0.29, 0.717) is 23.0 Å². The summed E-state index contributed by atoms with van der Waals surface area (Å²) < 4.78 is 2.35. The predicted molar refractivity (Wildman–Crippen MR) is 89.2 cm³/mol. The third-order valence-corrected chi connectivity index (χ3v) is 5.22. The number of rotatable bonds is 2. The lowest BCUT2D eigenvalue weighted by molar-refractivity contribution is 0.514. The molecule has 8 nitrogen and oxygen atoms in total. The summed E-state index contributed by atoms with van der Waals surface area (Å²) in [6.07, 6.45) is 9.27. The minimum absolute atomic E-state index is 0.146. The lowest BCUT2D eigenvalue weighted by Gasteiger charge is -2.20. The van der Waals surface area contributed by atoms with Gasteiger partial charge in [-0.1, -0.05) is 0 Å². The van der Waals surface area contributed by atoms with Crippen molar-refractivity contribution >= 4 is 17.0 Å². The van der Waals surface area contributed by atoms with Crippen LogP contribution in [-0.4, -0.2) is 42.8 Å². The molecule has 0 bridgehead atoms. The van der Waals surface area contributed by atoms with E-state index >= 15 is 0 Å². The third kappa shape index (κ3) is 2.05. The molecule has 2 aliphatic rings. The van der Waals surface area contributed by atoms with E-state index in [4.69, 9.17) is 0 Å². The molecule has 1 atom stereocenters.